The van der Waals surface area contributed by atoms with Gasteiger partial charge in [-0.2, -0.15) is 0 Å². The molecule has 1 amide bonds. The van der Waals surface area contributed by atoms with Gasteiger partial charge in [-0.25, -0.2) is 4.99 Å². The molecule has 0 aliphatic carbocycles. The van der Waals surface area contributed by atoms with Gasteiger partial charge in [-0.15, -0.1) is 6.42 Å². The molecule has 0 aromatic carbocycles. The van der Waals surface area contributed by atoms with E-state index in [9.17, 15) is 9.90 Å². The van der Waals surface area contributed by atoms with Crippen LogP contribution in [0.5, 0.6) is 0 Å². The zero-order valence-electron chi connectivity index (χ0n) is 11.6. The molecule has 4 heteroatoms. The Bertz CT molecular complexity index is 457. The Morgan fingerprint density at radius 2 is 2.32 bits per heavy atom. The van der Waals surface area contributed by atoms with Crippen LogP contribution >= 0.6 is 0 Å². The first-order chi connectivity index (χ1) is 9.08. The quantitative estimate of drug-likeness (QED) is 0.477. The molecule has 0 aromatic heterocycles. The van der Waals surface area contributed by atoms with Crippen LogP contribution in [-0.2, 0) is 4.79 Å². The van der Waals surface area contributed by atoms with E-state index >= 15 is 0 Å². The normalized spacial score (nSPS) is 28.6. The number of rotatable bonds is 4. The van der Waals surface area contributed by atoms with Crippen molar-refractivity contribution in [1.82, 2.24) is 4.90 Å². The van der Waals surface area contributed by atoms with E-state index in [1.54, 1.807) is 13.0 Å². The Labute approximate surface area is 114 Å². The minimum Gasteiger partial charge on any atom is -0.372 e. The molecule has 1 heterocycles. The van der Waals surface area contributed by atoms with Crippen LogP contribution in [0.3, 0.4) is 0 Å². The van der Waals surface area contributed by atoms with Crippen LogP contribution in [-0.4, -0.2) is 28.4 Å². The molecule has 0 radical (unpaired) electrons. The van der Waals surface area contributed by atoms with Crippen molar-refractivity contribution >= 4 is 12.1 Å². The first kappa shape index (κ1) is 15.2. The number of aliphatic imine (C=N–C) groups is 1. The van der Waals surface area contributed by atoms with Crippen LogP contribution in [0.25, 0.3) is 0 Å². The van der Waals surface area contributed by atoms with Gasteiger partial charge >= 0.3 is 0 Å². The number of likely N-dealkylation sites (tertiary alicyclic amines) is 1. The van der Waals surface area contributed by atoms with E-state index in [0.717, 1.165) is 6.42 Å². The highest BCUT2D eigenvalue weighted by atomic mass is 16.3. The third kappa shape index (κ3) is 3.12. The van der Waals surface area contributed by atoms with E-state index < -0.39 is 6.23 Å². The summed E-state index contributed by atoms with van der Waals surface area (Å²) < 4.78 is 0. The second-order valence-corrected chi connectivity index (χ2v) is 4.40. The predicted molar refractivity (Wildman–Crippen MR) is 76.0 cm³/mol. The molecule has 0 saturated carbocycles. The van der Waals surface area contributed by atoms with Crippen molar-refractivity contribution in [1.29, 1.82) is 0 Å². The fourth-order valence-corrected chi connectivity index (χ4v) is 2.13. The van der Waals surface area contributed by atoms with Gasteiger partial charge in [-0.05, 0) is 19.4 Å². The first-order valence-corrected chi connectivity index (χ1v) is 6.41. The van der Waals surface area contributed by atoms with Gasteiger partial charge in [0.25, 0.3) is 0 Å². The lowest BCUT2D eigenvalue weighted by Gasteiger charge is -2.22. The summed E-state index contributed by atoms with van der Waals surface area (Å²) in [6, 6.07) is 0. The number of terminal acetylenes is 1. The van der Waals surface area contributed by atoms with Crippen LogP contribution < -0.4 is 0 Å². The summed E-state index contributed by atoms with van der Waals surface area (Å²) in [5, 5.41) is 10.3. The number of hydrogen-bond acceptors (Lipinski definition) is 3. The third-order valence-corrected chi connectivity index (χ3v) is 3.18. The van der Waals surface area contributed by atoms with Gasteiger partial charge in [-0.3, -0.25) is 9.69 Å². The van der Waals surface area contributed by atoms with Gasteiger partial charge in [0, 0.05) is 11.8 Å². The molecule has 1 aliphatic rings. The molecule has 1 saturated heterocycles. The predicted octanol–water partition coefficient (Wildman–Crippen LogP) is 1.93. The highest BCUT2D eigenvalue weighted by Gasteiger charge is 2.44. The Kier molecular flexibility index (Phi) is 5.53. The van der Waals surface area contributed by atoms with Crippen molar-refractivity contribution in [2.75, 3.05) is 0 Å². The zero-order chi connectivity index (χ0) is 14.4. The van der Waals surface area contributed by atoms with Crippen molar-refractivity contribution in [2.45, 2.75) is 33.4 Å². The van der Waals surface area contributed by atoms with E-state index in [0.29, 0.717) is 5.82 Å². The summed E-state index contributed by atoms with van der Waals surface area (Å²) in [6.07, 6.45) is 11.9. The summed E-state index contributed by atoms with van der Waals surface area (Å²) in [6.45, 7) is 5.58. The zero-order valence-corrected chi connectivity index (χ0v) is 11.6. The molecule has 1 aliphatic heterocycles. The van der Waals surface area contributed by atoms with Crippen molar-refractivity contribution in [2.24, 2.45) is 16.8 Å². The molecule has 0 bridgehead atoms. The number of amides is 1. The lowest BCUT2D eigenvalue weighted by atomic mass is 9.96. The number of carbonyl (C=O) groups excluding carboxylic acids is 1. The van der Waals surface area contributed by atoms with E-state index in [-0.39, 0.29) is 17.7 Å². The van der Waals surface area contributed by atoms with Gasteiger partial charge < -0.3 is 5.11 Å². The molecule has 1 fully saturated rings. The second-order valence-electron chi connectivity index (χ2n) is 4.40. The lowest BCUT2D eigenvalue weighted by molar-refractivity contribution is -0.132. The van der Waals surface area contributed by atoms with Crippen LogP contribution in [0.2, 0.25) is 0 Å². The molecule has 3 atom stereocenters. The summed E-state index contributed by atoms with van der Waals surface area (Å²) in [5.74, 6) is 2.03. The van der Waals surface area contributed by atoms with Gasteiger partial charge in [-0.1, -0.05) is 31.9 Å². The molecule has 19 heavy (non-hydrogen) atoms. The average molecular weight is 260 g/mol. The highest BCUT2D eigenvalue weighted by Crippen LogP contribution is 2.33. The minimum atomic E-state index is -0.897. The molecule has 0 aromatic rings. The monoisotopic (exact) mass is 260 g/mol. The smallest absolute Gasteiger partial charge is 0.233 e. The molecule has 1 rings (SSSR count). The molecular formula is C15H20N2O2. The van der Waals surface area contributed by atoms with E-state index in [1.807, 2.05) is 26.0 Å². The maximum Gasteiger partial charge on any atom is 0.233 e. The minimum absolute atomic E-state index is 0.138. The van der Waals surface area contributed by atoms with E-state index in [4.69, 9.17) is 6.42 Å². The first-order valence-electron chi connectivity index (χ1n) is 6.41. The van der Waals surface area contributed by atoms with Gasteiger partial charge in [0.15, 0.2) is 0 Å². The number of hydrogen-bond donors (Lipinski definition) is 1. The fraction of sp³-hybridized carbons (Fsp3) is 0.467. The van der Waals surface area contributed by atoms with Gasteiger partial charge in [0.2, 0.25) is 5.91 Å². The molecule has 0 spiro atoms. The van der Waals surface area contributed by atoms with Crippen LogP contribution in [0.15, 0.2) is 29.0 Å². The van der Waals surface area contributed by atoms with Crippen LogP contribution in [0.1, 0.15) is 27.2 Å². The SMILES string of the molecule is C#C/C=N\C(=C/C)N1C(=O)C(C)C(/C=C\CC)C1O. The Morgan fingerprint density at radius 3 is 2.84 bits per heavy atom. The van der Waals surface area contributed by atoms with Crippen molar-refractivity contribution < 1.29 is 9.90 Å². The van der Waals surface area contributed by atoms with Gasteiger partial charge in [0.05, 0.1) is 6.21 Å². The Balaban J connectivity index is 3.03. The third-order valence-electron chi connectivity index (χ3n) is 3.18. The topological polar surface area (TPSA) is 52.9 Å². The Hall–Kier alpha value is -1.86. The molecule has 3 unspecified atom stereocenters. The summed E-state index contributed by atoms with van der Waals surface area (Å²) >= 11 is 0. The average Bonchev–Trinajstić information content (AvgIpc) is 2.61. The van der Waals surface area contributed by atoms with Crippen molar-refractivity contribution in [3.8, 4) is 12.3 Å². The largest absolute Gasteiger partial charge is 0.372 e. The summed E-state index contributed by atoms with van der Waals surface area (Å²) in [7, 11) is 0. The maximum atomic E-state index is 12.2. The molecular weight excluding hydrogens is 240 g/mol. The van der Waals surface area contributed by atoms with Gasteiger partial charge in [0.1, 0.15) is 12.0 Å². The lowest BCUT2D eigenvalue weighted by Crippen LogP contribution is -2.33. The van der Waals surface area contributed by atoms with E-state index in [1.165, 1.54) is 11.1 Å². The number of carbonyl (C=O) groups is 1. The van der Waals surface area contributed by atoms with Crippen LogP contribution in [0, 0.1) is 24.2 Å². The standard InChI is InChI=1S/C15H20N2O2/c1-5-8-9-12-11(4)14(18)17(15(12)19)13(7-3)16-10-6-2/h2,7-12,15,19H,5H2,1,3-4H3/b9-8-,13-7+,16-10-. The number of aliphatic hydroxyl groups excluding tert-OH is 1. The van der Waals surface area contributed by atoms with Crippen LogP contribution in [0.4, 0.5) is 0 Å². The number of nitrogens with zero attached hydrogens (tertiary/aromatic N) is 2. The van der Waals surface area contributed by atoms with E-state index in [2.05, 4.69) is 10.9 Å². The molecule has 4 nitrogen and oxygen atoms in total. The summed E-state index contributed by atoms with van der Waals surface area (Å²) in [5.41, 5.74) is 0. The highest BCUT2D eigenvalue weighted by molar-refractivity contribution is 5.84. The summed E-state index contributed by atoms with van der Waals surface area (Å²) in [4.78, 5) is 17.5. The number of aliphatic hydroxyl groups is 1. The number of allylic oxidation sites excluding steroid dienone is 2. The maximum absolute atomic E-state index is 12.2. The molecule has 1 N–H and O–H groups in total. The Morgan fingerprint density at radius 1 is 1.63 bits per heavy atom. The molecule has 102 valence electrons. The van der Waals surface area contributed by atoms with Crippen molar-refractivity contribution in [3.05, 3.63) is 24.0 Å². The van der Waals surface area contributed by atoms with Crippen molar-refractivity contribution in [3.63, 3.8) is 0 Å². The fourth-order valence-electron chi connectivity index (χ4n) is 2.13. The second kappa shape index (κ2) is 6.91.